The summed E-state index contributed by atoms with van der Waals surface area (Å²) in [6, 6.07) is -4.41. The zero-order valence-electron chi connectivity index (χ0n) is 22.6. The van der Waals surface area contributed by atoms with E-state index in [0.717, 1.165) is 0 Å². The standard InChI is InChI=1S/C23H44FN5O13/c24-2-7-19(41-21-10(28)15(34)13(32)8(3-25)38-21)17(36)23(37-7)42-20-12(31)5(26)1-6(27)18(20)40-22-11(29)16(35)14(33)9(4-30)39-22/h5-23,30-36H,1-4,25-29H2. The van der Waals surface area contributed by atoms with Gasteiger partial charge in [-0.15, -0.1) is 0 Å². The highest BCUT2D eigenvalue weighted by Gasteiger charge is 2.54. The molecular formula is C23H44FN5O13. The highest BCUT2D eigenvalue weighted by molar-refractivity contribution is 5.02. The lowest BCUT2D eigenvalue weighted by Crippen LogP contribution is -2.68. The fraction of sp³-hybridized carbons (Fsp3) is 1.00. The van der Waals surface area contributed by atoms with Crippen LogP contribution < -0.4 is 28.7 Å². The monoisotopic (exact) mass is 617 g/mol. The lowest BCUT2D eigenvalue weighted by Gasteiger charge is -2.47. The molecule has 0 spiro atoms. The van der Waals surface area contributed by atoms with E-state index < -0.39 is 130 Å². The van der Waals surface area contributed by atoms with Crippen LogP contribution in [0.25, 0.3) is 0 Å². The summed E-state index contributed by atoms with van der Waals surface area (Å²) in [5, 5.41) is 72.2. The van der Waals surface area contributed by atoms with Crippen molar-refractivity contribution in [2.45, 2.75) is 123 Å². The molecule has 17 N–H and O–H groups in total. The third kappa shape index (κ3) is 6.59. The van der Waals surface area contributed by atoms with Crippen LogP contribution in [0.3, 0.4) is 0 Å². The molecule has 3 aliphatic heterocycles. The number of halogens is 1. The Morgan fingerprint density at radius 1 is 0.595 bits per heavy atom. The third-order valence-electron chi connectivity index (χ3n) is 8.29. The molecule has 0 aromatic rings. The maximum atomic E-state index is 14.0. The lowest BCUT2D eigenvalue weighted by atomic mass is 9.84. The first-order chi connectivity index (χ1) is 19.8. The molecule has 0 bridgehead atoms. The fourth-order valence-corrected chi connectivity index (χ4v) is 5.68. The van der Waals surface area contributed by atoms with Crippen LogP contribution in [0.4, 0.5) is 4.39 Å². The summed E-state index contributed by atoms with van der Waals surface area (Å²) in [6.07, 6.45) is -21.3. The SMILES string of the molecule is NCC1OC(OC2C(CF)OC(OC3C(O)C(N)CC(N)C3OC3OC(CO)C(O)C(O)C3N)C2O)C(N)C(O)C1O. The van der Waals surface area contributed by atoms with Crippen molar-refractivity contribution in [3.05, 3.63) is 0 Å². The van der Waals surface area contributed by atoms with E-state index >= 15 is 0 Å². The van der Waals surface area contributed by atoms with Crippen LogP contribution in [0.5, 0.6) is 0 Å². The summed E-state index contributed by atoms with van der Waals surface area (Å²) in [5.74, 6) is 0. The minimum absolute atomic E-state index is 0.0442. The Morgan fingerprint density at radius 3 is 1.64 bits per heavy atom. The highest BCUT2D eigenvalue weighted by atomic mass is 19.1. The van der Waals surface area contributed by atoms with Crippen molar-refractivity contribution >= 4 is 0 Å². The van der Waals surface area contributed by atoms with E-state index in [9.17, 15) is 40.1 Å². The Hall–Kier alpha value is -0.790. The van der Waals surface area contributed by atoms with Gasteiger partial charge in [-0.3, -0.25) is 0 Å². The van der Waals surface area contributed by atoms with Gasteiger partial charge < -0.3 is 92.8 Å². The van der Waals surface area contributed by atoms with Gasteiger partial charge in [-0.2, -0.15) is 0 Å². The lowest BCUT2D eigenvalue weighted by molar-refractivity contribution is -0.310. The summed E-state index contributed by atoms with van der Waals surface area (Å²) in [5.41, 5.74) is 29.8. The molecule has 3 heterocycles. The van der Waals surface area contributed by atoms with E-state index in [1.807, 2.05) is 0 Å². The van der Waals surface area contributed by atoms with Gasteiger partial charge >= 0.3 is 0 Å². The van der Waals surface area contributed by atoms with Crippen LogP contribution >= 0.6 is 0 Å². The molecule has 4 rings (SSSR count). The van der Waals surface area contributed by atoms with Crippen LogP contribution in [-0.2, 0) is 28.4 Å². The Balaban J connectivity index is 1.50. The summed E-state index contributed by atoms with van der Waals surface area (Å²) in [4.78, 5) is 0. The van der Waals surface area contributed by atoms with Crippen molar-refractivity contribution in [1.82, 2.24) is 0 Å². The third-order valence-corrected chi connectivity index (χ3v) is 8.29. The molecule has 19 heteroatoms. The first kappa shape index (κ1) is 34.1. The molecule has 0 amide bonds. The maximum Gasteiger partial charge on any atom is 0.187 e. The van der Waals surface area contributed by atoms with Crippen molar-refractivity contribution in [1.29, 1.82) is 0 Å². The average Bonchev–Trinajstić information content (AvgIpc) is 3.27. The van der Waals surface area contributed by atoms with E-state index in [0.29, 0.717) is 0 Å². The Bertz CT molecular complexity index is 872. The summed E-state index contributed by atoms with van der Waals surface area (Å²) in [7, 11) is 0. The first-order valence-electron chi connectivity index (χ1n) is 13.7. The van der Waals surface area contributed by atoms with E-state index in [1.54, 1.807) is 0 Å². The van der Waals surface area contributed by atoms with Gasteiger partial charge in [0.05, 0.1) is 24.8 Å². The molecule has 1 saturated carbocycles. The zero-order chi connectivity index (χ0) is 31.0. The highest BCUT2D eigenvalue weighted by Crippen LogP contribution is 2.34. The molecule has 0 radical (unpaired) electrons. The molecule has 0 aromatic heterocycles. The van der Waals surface area contributed by atoms with Crippen LogP contribution in [0.15, 0.2) is 0 Å². The minimum atomic E-state index is -1.70. The minimum Gasteiger partial charge on any atom is -0.394 e. The molecule has 4 aliphatic rings. The number of aliphatic hydroxyl groups is 7. The van der Waals surface area contributed by atoms with E-state index in [-0.39, 0.29) is 13.0 Å². The zero-order valence-corrected chi connectivity index (χ0v) is 22.6. The normalized spacial score (nSPS) is 53.8. The molecule has 19 atom stereocenters. The van der Waals surface area contributed by atoms with Crippen LogP contribution in [-0.4, -0.2) is 172 Å². The van der Waals surface area contributed by atoms with Crippen LogP contribution in [0.1, 0.15) is 6.42 Å². The summed E-state index contributed by atoms with van der Waals surface area (Å²) < 4.78 is 48.1. The van der Waals surface area contributed by atoms with Gasteiger partial charge in [0.25, 0.3) is 0 Å². The largest absolute Gasteiger partial charge is 0.394 e. The van der Waals surface area contributed by atoms with Crippen LogP contribution in [0.2, 0.25) is 0 Å². The predicted molar refractivity (Wildman–Crippen MR) is 135 cm³/mol. The molecule has 3 saturated heterocycles. The Kier molecular flexibility index (Phi) is 11.4. The molecular weight excluding hydrogens is 573 g/mol. The molecule has 4 fully saturated rings. The molecule has 1 aliphatic carbocycles. The Morgan fingerprint density at radius 2 is 1.10 bits per heavy atom. The van der Waals surface area contributed by atoms with Crippen molar-refractivity contribution < 1.29 is 68.6 Å². The summed E-state index contributed by atoms with van der Waals surface area (Å²) in [6.45, 7) is -2.02. The predicted octanol–water partition coefficient (Wildman–Crippen LogP) is -7.88. The number of rotatable bonds is 9. The fourth-order valence-electron chi connectivity index (χ4n) is 5.68. The van der Waals surface area contributed by atoms with Crippen molar-refractivity contribution in [2.24, 2.45) is 28.7 Å². The topological polar surface area (TPSA) is 327 Å². The van der Waals surface area contributed by atoms with Gasteiger partial charge in [0.1, 0.15) is 73.8 Å². The maximum absolute atomic E-state index is 14.0. The van der Waals surface area contributed by atoms with Crippen molar-refractivity contribution in [2.75, 3.05) is 19.8 Å². The van der Waals surface area contributed by atoms with Gasteiger partial charge in [0, 0.05) is 18.6 Å². The van der Waals surface area contributed by atoms with Crippen molar-refractivity contribution in [3.8, 4) is 0 Å². The van der Waals surface area contributed by atoms with E-state index in [4.69, 9.17) is 57.1 Å². The van der Waals surface area contributed by atoms with Gasteiger partial charge in [-0.25, -0.2) is 4.39 Å². The first-order valence-corrected chi connectivity index (χ1v) is 13.7. The second-order valence-corrected chi connectivity index (χ2v) is 11.2. The molecule has 246 valence electrons. The number of alkyl halides is 1. The second-order valence-electron chi connectivity index (χ2n) is 11.2. The quantitative estimate of drug-likeness (QED) is 0.114. The second kappa shape index (κ2) is 14.1. The van der Waals surface area contributed by atoms with Crippen LogP contribution in [0, 0.1) is 0 Å². The molecule has 42 heavy (non-hydrogen) atoms. The smallest absolute Gasteiger partial charge is 0.187 e. The van der Waals surface area contributed by atoms with E-state index in [2.05, 4.69) is 0 Å². The average molecular weight is 618 g/mol. The number of hydrogen-bond donors (Lipinski definition) is 12. The number of aliphatic hydroxyl groups excluding tert-OH is 7. The van der Waals surface area contributed by atoms with Crippen molar-refractivity contribution in [3.63, 3.8) is 0 Å². The number of ether oxygens (including phenoxy) is 6. The number of hydrogen-bond acceptors (Lipinski definition) is 18. The number of nitrogens with two attached hydrogens (primary N) is 5. The molecule has 0 aromatic carbocycles. The molecule has 18 nitrogen and oxygen atoms in total. The Labute approximate surface area is 240 Å². The van der Waals surface area contributed by atoms with Gasteiger partial charge in [-0.05, 0) is 6.42 Å². The summed E-state index contributed by atoms with van der Waals surface area (Å²) >= 11 is 0. The van der Waals surface area contributed by atoms with Gasteiger partial charge in [0.15, 0.2) is 18.9 Å². The van der Waals surface area contributed by atoms with E-state index in [1.165, 1.54) is 0 Å². The molecule has 19 unspecified atom stereocenters. The van der Waals surface area contributed by atoms with Gasteiger partial charge in [0.2, 0.25) is 0 Å². The van der Waals surface area contributed by atoms with Gasteiger partial charge in [-0.1, -0.05) is 0 Å².